The van der Waals surface area contributed by atoms with Gasteiger partial charge in [0.05, 0.1) is 10.5 Å². The van der Waals surface area contributed by atoms with Crippen LogP contribution in [-0.2, 0) is 27.5 Å². The second kappa shape index (κ2) is 8.93. The van der Waals surface area contributed by atoms with Crippen molar-refractivity contribution in [1.82, 2.24) is 9.62 Å². The molecule has 152 valence electrons. The van der Waals surface area contributed by atoms with Gasteiger partial charge in [-0.15, -0.1) is 0 Å². The minimum Gasteiger partial charge on any atom is -0.341 e. The van der Waals surface area contributed by atoms with Crippen molar-refractivity contribution in [2.75, 3.05) is 13.6 Å². The van der Waals surface area contributed by atoms with Gasteiger partial charge in [0.25, 0.3) is 0 Å². The first kappa shape index (κ1) is 22.2. The van der Waals surface area contributed by atoms with E-state index in [9.17, 15) is 26.4 Å². The fourth-order valence-electron chi connectivity index (χ4n) is 2.34. The van der Waals surface area contributed by atoms with Crippen LogP contribution in [-0.4, -0.2) is 32.8 Å². The number of amides is 1. The lowest BCUT2D eigenvalue weighted by Crippen LogP contribution is -2.32. The lowest BCUT2D eigenvalue weighted by molar-refractivity contribution is -0.137. The zero-order chi connectivity index (χ0) is 20.9. The van der Waals surface area contributed by atoms with Gasteiger partial charge in [-0.25, -0.2) is 13.1 Å². The average Bonchev–Trinajstić information content (AvgIpc) is 2.61. The topological polar surface area (TPSA) is 66.5 Å². The predicted molar refractivity (Wildman–Crippen MR) is 99.2 cm³/mol. The van der Waals surface area contributed by atoms with E-state index in [0.717, 1.165) is 12.1 Å². The Balaban J connectivity index is 1.86. The van der Waals surface area contributed by atoms with Gasteiger partial charge in [0.15, 0.2) is 0 Å². The number of nitrogens with one attached hydrogen (secondary N) is 1. The maximum Gasteiger partial charge on any atom is 0.416 e. The second-order valence-electron chi connectivity index (χ2n) is 6.05. The first-order valence-corrected chi connectivity index (χ1v) is 10.0. The molecule has 0 atom stereocenters. The Kier molecular flexibility index (Phi) is 7.08. The zero-order valence-electron chi connectivity index (χ0n) is 14.8. The molecular formula is C18H18ClF3N2O3S. The van der Waals surface area contributed by atoms with Crippen LogP contribution in [0.15, 0.2) is 53.4 Å². The van der Waals surface area contributed by atoms with Gasteiger partial charge in [-0.1, -0.05) is 23.7 Å². The van der Waals surface area contributed by atoms with E-state index in [1.807, 2.05) is 0 Å². The van der Waals surface area contributed by atoms with Gasteiger partial charge < -0.3 is 4.90 Å². The van der Waals surface area contributed by atoms with Gasteiger partial charge >= 0.3 is 6.18 Å². The Bertz CT molecular complexity index is 915. The summed E-state index contributed by atoms with van der Waals surface area (Å²) >= 11 is 5.72. The first-order chi connectivity index (χ1) is 13.0. The van der Waals surface area contributed by atoms with E-state index in [1.54, 1.807) is 0 Å². The molecule has 1 N–H and O–H groups in total. The molecule has 0 spiro atoms. The van der Waals surface area contributed by atoms with E-state index < -0.39 is 21.8 Å². The molecule has 0 radical (unpaired) electrons. The molecule has 0 aliphatic heterocycles. The molecule has 0 aromatic heterocycles. The minimum atomic E-state index is -4.42. The molecule has 5 nitrogen and oxygen atoms in total. The van der Waals surface area contributed by atoms with Crippen LogP contribution in [0.25, 0.3) is 0 Å². The molecule has 1 amide bonds. The molecule has 0 aliphatic rings. The summed E-state index contributed by atoms with van der Waals surface area (Å²) < 4.78 is 64.3. The lowest BCUT2D eigenvalue weighted by Gasteiger charge is -2.18. The Morgan fingerprint density at radius 2 is 1.64 bits per heavy atom. The molecule has 0 saturated carbocycles. The van der Waals surface area contributed by atoms with Gasteiger partial charge in [-0.3, -0.25) is 4.79 Å². The van der Waals surface area contributed by atoms with Crippen LogP contribution in [0, 0.1) is 0 Å². The third-order valence-electron chi connectivity index (χ3n) is 3.88. The van der Waals surface area contributed by atoms with E-state index in [-0.39, 0.29) is 30.3 Å². The quantitative estimate of drug-likeness (QED) is 0.722. The fraction of sp³-hybridized carbons (Fsp3) is 0.278. The zero-order valence-corrected chi connectivity index (χ0v) is 16.4. The smallest absolute Gasteiger partial charge is 0.341 e. The van der Waals surface area contributed by atoms with Crippen molar-refractivity contribution in [3.63, 3.8) is 0 Å². The van der Waals surface area contributed by atoms with Crippen LogP contribution in [0.4, 0.5) is 13.2 Å². The number of halogens is 4. The SMILES string of the molecule is CN(Cc1ccc(C(F)(F)F)cc1)C(=O)CCNS(=O)(=O)c1ccc(Cl)cc1. The third kappa shape index (κ3) is 6.22. The normalized spacial score (nSPS) is 12.0. The van der Waals surface area contributed by atoms with Crippen LogP contribution < -0.4 is 4.72 Å². The number of carbonyl (C=O) groups excluding carboxylic acids is 1. The van der Waals surface area contributed by atoms with Crippen LogP contribution in [0.1, 0.15) is 17.5 Å². The number of alkyl halides is 3. The fourth-order valence-corrected chi connectivity index (χ4v) is 3.50. The highest BCUT2D eigenvalue weighted by Crippen LogP contribution is 2.29. The van der Waals surface area contributed by atoms with E-state index in [4.69, 9.17) is 11.6 Å². The Hall–Kier alpha value is -2.10. The van der Waals surface area contributed by atoms with Crippen LogP contribution >= 0.6 is 11.6 Å². The average molecular weight is 435 g/mol. The Morgan fingerprint density at radius 3 is 2.18 bits per heavy atom. The molecule has 0 fully saturated rings. The van der Waals surface area contributed by atoms with E-state index in [1.165, 1.54) is 48.3 Å². The number of sulfonamides is 1. The highest BCUT2D eigenvalue weighted by Gasteiger charge is 2.30. The monoisotopic (exact) mass is 434 g/mol. The molecule has 2 aromatic carbocycles. The predicted octanol–water partition coefficient (Wildman–Crippen LogP) is 3.69. The summed E-state index contributed by atoms with van der Waals surface area (Å²) in [6.07, 6.45) is -4.51. The first-order valence-electron chi connectivity index (χ1n) is 8.14. The molecular weight excluding hydrogens is 417 g/mol. The summed E-state index contributed by atoms with van der Waals surface area (Å²) in [5, 5.41) is 0.402. The van der Waals surface area contributed by atoms with E-state index in [0.29, 0.717) is 10.6 Å². The Morgan fingerprint density at radius 1 is 1.07 bits per heavy atom. The molecule has 10 heteroatoms. The molecule has 0 saturated heterocycles. The standard InChI is InChI=1S/C18H18ClF3N2O3S/c1-24(12-13-2-4-14(5-3-13)18(20,21)22)17(25)10-11-23-28(26,27)16-8-6-15(19)7-9-16/h2-9,23H,10-12H2,1H3. The van der Waals surface area contributed by atoms with Crippen LogP contribution in [0.5, 0.6) is 0 Å². The van der Waals surface area contributed by atoms with E-state index >= 15 is 0 Å². The highest BCUT2D eigenvalue weighted by atomic mass is 35.5. The number of nitrogens with zero attached hydrogens (tertiary/aromatic N) is 1. The van der Waals surface area contributed by atoms with Crippen molar-refractivity contribution in [2.45, 2.75) is 24.0 Å². The molecule has 28 heavy (non-hydrogen) atoms. The molecule has 0 unspecified atom stereocenters. The van der Waals surface area contributed by atoms with Gasteiger partial charge in [0.1, 0.15) is 0 Å². The van der Waals surface area contributed by atoms with E-state index in [2.05, 4.69) is 4.72 Å². The van der Waals surface area contributed by atoms with Gasteiger partial charge in [-0.05, 0) is 42.0 Å². The van der Waals surface area contributed by atoms with Gasteiger partial charge in [-0.2, -0.15) is 13.2 Å². The van der Waals surface area contributed by atoms with Gasteiger partial charge in [0.2, 0.25) is 15.9 Å². The van der Waals surface area contributed by atoms with Crippen molar-refractivity contribution in [3.05, 3.63) is 64.7 Å². The third-order valence-corrected chi connectivity index (χ3v) is 5.61. The summed E-state index contributed by atoms with van der Waals surface area (Å²) in [6, 6.07) is 10.1. The second-order valence-corrected chi connectivity index (χ2v) is 8.25. The molecule has 2 rings (SSSR count). The molecule has 0 aliphatic carbocycles. The number of rotatable bonds is 7. The van der Waals surface area contributed by atoms with Crippen molar-refractivity contribution in [1.29, 1.82) is 0 Å². The lowest BCUT2D eigenvalue weighted by atomic mass is 10.1. The van der Waals surface area contributed by atoms with Crippen molar-refractivity contribution in [2.24, 2.45) is 0 Å². The summed E-state index contributed by atoms with van der Waals surface area (Å²) in [4.78, 5) is 13.5. The summed E-state index contributed by atoms with van der Waals surface area (Å²) in [5.41, 5.74) is -0.229. The molecule has 2 aromatic rings. The summed E-state index contributed by atoms with van der Waals surface area (Å²) in [6.45, 7) is 0.00203. The number of carbonyl (C=O) groups is 1. The van der Waals surface area contributed by atoms with Crippen molar-refractivity contribution < 1.29 is 26.4 Å². The highest BCUT2D eigenvalue weighted by molar-refractivity contribution is 7.89. The molecule has 0 heterocycles. The number of hydrogen-bond donors (Lipinski definition) is 1. The maximum atomic E-state index is 12.6. The Labute approximate surface area is 166 Å². The number of benzene rings is 2. The summed E-state index contributed by atoms with van der Waals surface area (Å²) in [7, 11) is -2.27. The van der Waals surface area contributed by atoms with Crippen molar-refractivity contribution >= 4 is 27.5 Å². The minimum absolute atomic E-state index is 0.0301. The largest absolute Gasteiger partial charge is 0.416 e. The summed E-state index contributed by atoms with van der Waals surface area (Å²) in [5.74, 6) is -0.348. The number of hydrogen-bond acceptors (Lipinski definition) is 3. The van der Waals surface area contributed by atoms with Crippen LogP contribution in [0.2, 0.25) is 5.02 Å². The molecule has 0 bridgehead atoms. The maximum absolute atomic E-state index is 12.6. The van der Waals surface area contributed by atoms with Crippen LogP contribution in [0.3, 0.4) is 0 Å². The van der Waals surface area contributed by atoms with Gasteiger partial charge in [0, 0.05) is 31.6 Å². The van der Waals surface area contributed by atoms with Crippen molar-refractivity contribution in [3.8, 4) is 0 Å².